The van der Waals surface area contributed by atoms with Crippen molar-refractivity contribution in [1.29, 1.82) is 5.26 Å². The van der Waals surface area contributed by atoms with Gasteiger partial charge in [0.2, 0.25) is 0 Å². The van der Waals surface area contributed by atoms with Gasteiger partial charge in [0, 0.05) is 41.3 Å². The monoisotopic (exact) mass is 560 g/mol. The lowest BCUT2D eigenvalue weighted by Gasteiger charge is -2.24. The highest BCUT2D eigenvalue weighted by Crippen LogP contribution is 2.36. The third kappa shape index (κ3) is 4.58. The quantitative estimate of drug-likeness (QED) is 0.291. The second-order valence-electron chi connectivity index (χ2n) is 9.28. The number of aromatic nitrogens is 6. The van der Waals surface area contributed by atoms with Gasteiger partial charge in [-0.3, -0.25) is 14.2 Å². The number of hydrogen-bond donors (Lipinski definition) is 2. The first-order valence-corrected chi connectivity index (χ1v) is 13.1. The molecule has 0 bridgehead atoms. The van der Waals surface area contributed by atoms with E-state index >= 15 is 0 Å². The molecule has 11 heteroatoms. The number of nitrogens with zero attached hydrogens (tertiary/aromatic N) is 6. The van der Waals surface area contributed by atoms with Gasteiger partial charge >= 0.3 is 0 Å². The lowest BCUT2D eigenvalue weighted by molar-refractivity contribution is 0.774. The first kappa shape index (κ1) is 25.9. The minimum absolute atomic E-state index is 0.0875. The molecule has 0 saturated heterocycles. The summed E-state index contributed by atoms with van der Waals surface area (Å²) < 4.78 is 1.57. The predicted octanol–water partition coefficient (Wildman–Crippen LogP) is 4.97. The molecule has 4 aromatic heterocycles. The summed E-state index contributed by atoms with van der Waals surface area (Å²) in [5, 5.41) is 13.9. The first-order chi connectivity index (χ1) is 20.0. The largest absolute Gasteiger partial charge is 0.361 e. The van der Waals surface area contributed by atoms with E-state index in [9.17, 15) is 9.59 Å². The van der Waals surface area contributed by atoms with Crippen LogP contribution in [0.15, 0.2) is 89.1 Å². The number of aromatic amines is 1. The van der Waals surface area contributed by atoms with E-state index in [1.807, 2.05) is 55.5 Å². The van der Waals surface area contributed by atoms with Gasteiger partial charge in [-0.2, -0.15) is 5.26 Å². The number of anilines is 1. The van der Waals surface area contributed by atoms with Crippen LogP contribution in [-0.4, -0.2) is 29.5 Å². The average Bonchev–Trinajstić information content (AvgIpc) is 2.99. The maximum Gasteiger partial charge on any atom is 0.263 e. The Bertz CT molecular complexity index is 2080. The molecule has 0 radical (unpaired) electrons. The molecule has 0 saturated carbocycles. The van der Waals surface area contributed by atoms with E-state index < -0.39 is 6.04 Å². The lowest BCUT2D eigenvalue weighted by atomic mass is 9.99. The van der Waals surface area contributed by atoms with Gasteiger partial charge in [0.25, 0.3) is 5.56 Å². The van der Waals surface area contributed by atoms with Crippen molar-refractivity contribution in [3.8, 4) is 22.9 Å². The Morgan fingerprint density at radius 3 is 2.54 bits per heavy atom. The molecule has 0 aliphatic rings. The Labute approximate surface area is 238 Å². The third-order valence-electron chi connectivity index (χ3n) is 6.76. The molecule has 200 valence electrons. The molecular weight excluding hydrogens is 540 g/mol. The van der Waals surface area contributed by atoms with Crippen LogP contribution < -0.4 is 16.3 Å². The highest BCUT2D eigenvalue weighted by Gasteiger charge is 2.24. The number of nitrogens with one attached hydrogen (secondary N) is 2. The summed E-state index contributed by atoms with van der Waals surface area (Å²) >= 11 is 7.14. The van der Waals surface area contributed by atoms with E-state index in [1.54, 1.807) is 23.0 Å². The van der Waals surface area contributed by atoms with Crippen LogP contribution >= 0.6 is 11.6 Å². The lowest BCUT2D eigenvalue weighted by Crippen LogP contribution is -2.27. The van der Waals surface area contributed by atoms with Crippen LogP contribution in [0.4, 0.5) is 5.82 Å². The second kappa shape index (κ2) is 10.6. The van der Waals surface area contributed by atoms with E-state index in [1.165, 1.54) is 18.6 Å². The summed E-state index contributed by atoms with van der Waals surface area (Å²) in [6.45, 7) is 1.85. The van der Waals surface area contributed by atoms with Crippen LogP contribution in [0, 0.1) is 11.3 Å². The summed E-state index contributed by atoms with van der Waals surface area (Å²) in [6.07, 6.45) is 6.17. The van der Waals surface area contributed by atoms with Gasteiger partial charge in [-0.1, -0.05) is 48.0 Å². The summed E-state index contributed by atoms with van der Waals surface area (Å²) in [5.74, 6) is 0.713. The van der Waals surface area contributed by atoms with Gasteiger partial charge in [-0.05, 0) is 24.6 Å². The molecule has 2 aromatic carbocycles. The van der Waals surface area contributed by atoms with Gasteiger partial charge in [0.1, 0.15) is 29.0 Å². The van der Waals surface area contributed by atoms with E-state index in [4.69, 9.17) is 16.9 Å². The normalized spacial score (nSPS) is 11.8. The average molecular weight is 561 g/mol. The van der Waals surface area contributed by atoms with E-state index in [0.717, 1.165) is 0 Å². The minimum Gasteiger partial charge on any atom is -0.361 e. The second-order valence-corrected chi connectivity index (χ2v) is 9.66. The topological polar surface area (TPSA) is 142 Å². The Kier molecular flexibility index (Phi) is 6.71. The van der Waals surface area contributed by atoms with Gasteiger partial charge in [0.05, 0.1) is 34.6 Å². The maximum absolute atomic E-state index is 14.4. The molecule has 10 nitrogen and oxygen atoms in total. The number of H-pyrrole nitrogens is 1. The fourth-order valence-corrected chi connectivity index (χ4v) is 5.33. The van der Waals surface area contributed by atoms with Gasteiger partial charge in [-0.15, -0.1) is 0 Å². The predicted molar refractivity (Wildman–Crippen MR) is 157 cm³/mol. The Morgan fingerprint density at radius 1 is 1.00 bits per heavy atom. The van der Waals surface area contributed by atoms with Crippen molar-refractivity contribution in [3.63, 3.8) is 0 Å². The van der Waals surface area contributed by atoms with Crippen molar-refractivity contribution < 1.29 is 0 Å². The Balaban J connectivity index is 1.59. The van der Waals surface area contributed by atoms with Crippen LogP contribution in [0.3, 0.4) is 0 Å². The third-order valence-corrected chi connectivity index (χ3v) is 7.16. The molecule has 2 N–H and O–H groups in total. The smallest absolute Gasteiger partial charge is 0.263 e. The van der Waals surface area contributed by atoms with Crippen LogP contribution in [0.5, 0.6) is 0 Å². The SMILES string of the molecule is C[C@H](Nc1ncnc2[nH]ccc(=O)c12)c1c(Cl)c2cccc(-c3cnc(CC#N)nc3)c2c(=O)n1-c1ccccc1. The van der Waals surface area contributed by atoms with Crippen molar-refractivity contribution in [2.24, 2.45) is 0 Å². The molecule has 0 aliphatic carbocycles. The van der Waals surface area contributed by atoms with E-state index in [-0.39, 0.29) is 17.4 Å². The Morgan fingerprint density at radius 2 is 1.78 bits per heavy atom. The number of rotatable bonds is 6. The number of nitriles is 1. The number of fused-ring (bicyclic) bond motifs is 2. The van der Waals surface area contributed by atoms with E-state index in [0.29, 0.717) is 61.0 Å². The number of halogens is 1. The number of hydrogen-bond acceptors (Lipinski definition) is 8. The van der Waals surface area contributed by atoms with Crippen molar-refractivity contribution in [2.45, 2.75) is 19.4 Å². The van der Waals surface area contributed by atoms with Crippen LogP contribution in [0.1, 0.15) is 24.5 Å². The summed E-state index contributed by atoms with van der Waals surface area (Å²) in [4.78, 5) is 47.1. The number of benzene rings is 2. The fourth-order valence-electron chi connectivity index (χ4n) is 4.93. The highest BCUT2D eigenvalue weighted by atomic mass is 35.5. The molecule has 41 heavy (non-hydrogen) atoms. The zero-order valence-electron chi connectivity index (χ0n) is 21.7. The molecule has 4 heterocycles. The number of pyridine rings is 2. The van der Waals surface area contributed by atoms with Gasteiger partial charge in [-0.25, -0.2) is 19.9 Å². The molecule has 0 fully saturated rings. The maximum atomic E-state index is 14.4. The van der Waals surface area contributed by atoms with Crippen molar-refractivity contribution in [3.05, 3.63) is 117 Å². The zero-order valence-corrected chi connectivity index (χ0v) is 22.4. The minimum atomic E-state index is -0.560. The van der Waals surface area contributed by atoms with Crippen molar-refractivity contribution in [2.75, 3.05) is 5.32 Å². The summed E-state index contributed by atoms with van der Waals surface area (Å²) in [5.41, 5.74) is 2.20. The highest BCUT2D eigenvalue weighted by molar-refractivity contribution is 6.36. The molecule has 6 aromatic rings. The van der Waals surface area contributed by atoms with Crippen molar-refractivity contribution >= 4 is 39.2 Å². The van der Waals surface area contributed by atoms with E-state index in [2.05, 4.69) is 30.2 Å². The molecule has 0 amide bonds. The van der Waals surface area contributed by atoms with Crippen LogP contribution in [0.25, 0.3) is 38.6 Å². The molecule has 0 unspecified atom stereocenters. The van der Waals surface area contributed by atoms with Crippen LogP contribution in [0.2, 0.25) is 5.02 Å². The summed E-state index contributed by atoms with van der Waals surface area (Å²) in [7, 11) is 0. The fraction of sp³-hybridized carbons (Fsp3) is 0.100. The van der Waals surface area contributed by atoms with Gasteiger partial charge in [0.15, 0.2) is 5.43 Å². The van der Waals surface area contributed by atoms with Crippen molar-refractivity contribution in [1.82, 2.24) is 29.5 Å². The zero-order chi connectivity index (χ0) is 28.5. The van der Waals surface area contributed by atoms with Gasteiger partial charge < -0.3 is 10.3 Å². The van der Waals surface area contributed by atoms with Crippen LogP contribution in [-0.2, 0) is 6.42 Å². The molecule has 6 rings (SSSR count). The molecule has 0 aliphatic heterocycles. The number of para-hydroxylation sites is 1. The standard InChI is InChI=1S/C30H21ClN8O2/c1-17(38-29-25-22(40)11-13-33-28(25)36-16-37-29)27-26(31)21-9-5-8-20(18-14-34-23(10-12-32)35-15-18)24(21)30(41)39(27)19-6-3-2-4-7-19/h2-9,11,13-17H,10H2,1H3,(H2,33,36,37,38,40)/t17-/m0/s1. The molecule has 0 spiro atoms. The first-order valence-electron chi connectivity index (χ1n) is 12.7. The molecular formula is C30H21ClN8O2. The molecule has 1 atom stereocenters. The Hall–Kier alpha value is -5.40. The summed E-state index contributed by atoms with van der Waals surface area (Å²) in [6, 6.07) is 17.5.